The molecular weight excluding hydrogens is 235 g/mol. The molecule has 5 heteroatoms. The second-order valence-electron chi connectivity index (χ2n) is 4.65. The van der Waals surface area contributed by atoms with Gasteiger partial charge in [-0.3, -0.25) is 0 Å². The van der Waals surface area contributed by atoms with E-state index in [9.17, 15) is 9.18 Å². The minimum atomic E-state index is -1.11. The molecule has 2 rings (SSSR count). The van der Waals surface area contributed by atoms with E-state index in [1.165, 1.54) is 12.1 Å². The third-order valence-corrected chi connectivity index (χ3v) is 3.41. The Bertz CT molecular complexity index is 451. The summed E-state index contributed by atoms with van der Waals surface area (Å²) in [5.74, 6) is -1.65. The zero-order chi connectivity index (χ0) is 13.1. The van der Waals surface area contributed by atoms with E-state index in [0.29, 0.717) is 18.3 Å². The summed E-state index contributed by atoms with van der Waals surface area (Å²) in [7, 11) is 2.06. The number of likely N-dealkylation sites (N-methyl/N-ethyl adjacent to an activating group) is 1. The molecule has 2 N–H and O–H groups in total. The van der Waals surface area contributed by atoms with E-state index in [1.54, 1.807) is 0 Å². The molecule has 1 aromatic rings. The van der Waals surface area contributed by atoms with E-state index in [-0.39, 0.29) is 5.56 Å². The Hall–Kier alpha value is -1.62. The average Bonchev–Trinajstić information content (AvgIpc) is 2.73. The van der Waals surface area contributed by atoms with Gasteiger partial charge >= 0.3 is 5.97 Å². The molecule has 1 saturated heterocycles. The van der Waals surface area contributed by atoms with Gasteiger partial charge in [0.05, 0.1) is 5.56 Å². The molecule has 0 bridgehead atoms. The molecule has 18 heavy (non-hydrogen) atoms. The van der Waals surface area contributed by atoms with Gasteiger partial charge in [-0.2, -0.15) is 0 Å². The van der Waals surface area contributed by atoms with Gasteiger partial charge in [-0.15, -0.1) is 0 Å². The van der Waals surface area contributed by atoms with Gasteiger partial charge in [0, 0.05) is 18.3 Å². The van der Waals surface area contributed by atoms with Crippen LogP contribution in [0.25, 0.3) is 0 Å². The number of carboxylic acids is 1. The van der Waals surface area contributed by atoms with E-state index in [0.717, 1.165) is 25.5 Å². The summed E-state index contributed by atoms with van der Waals surface area (Å²) in [6.45, 7) is 1.75. The highest BCUT2D eigenvalue weighted by Crippen LogP contribution is 2.19. The molecule has 0 aliphatic carbocycles. The predicted octanol–water partition coefficient (Wildman–Crippen LogP) is 2.03. The van der Waals surface area contributed by atoms with Crippen molar-refractivity contribution in [2.75, 3.05) is 25.5 Å². The van der Waals surface area contributed by atoms with Gasteiger partial charge in [-0.25, -0.2) is 9.18 Å². The van der Waals surface area contributed by atoms with Crippen molar-refractivity contribution in [3.8, 4) is 0 Å². The molecule has 0 amide bonds. The van der Waals surface area contributed by atoms with E-state index in [2.05, 4.69) is 17.3 Å². The molecular formula is C13H17FN2O2. The smallest absolute Gasteiger partial charge is 0.337 e. The van der Waals surface area contributed by atoms with Crippen molar-refractivity contribution in [1.29, 1.82) is 0 Å². The number of carboxylic acid groups (broad SMARTS) is 1. The number of carbonyl (C=O) groups is 1. The largest absolute Gasteiger partial charge is 0.478 e. The molecule has 0 saturated carbocycles. The zero-order valence-electron chi connectivity index (χ0n) is 10.3. The van der Waals surface area contributed by atoms with Crippen molar-refractivity contribution < 1.29 is 14.3 Å². The van der Waals surface area contributed by atoms with Gasteiger partial charge in [0.25, 0.3) is 0 Å². The van der Waals surface area contributed by atoms with Crippen LogP contribution in [-0.2, 0) is 0 Å². The number of nitrogens with one attached hydrogen (secondary N) is 1. The monoisotopic (exact) mass is 252 g/mol. The van der Waals surface area contributed by atoms with Crippen molar-refractivity contribution in [3.05, 3.63) is 29.6 Å². The average molecular weight is 252 g/mol. The number of likely N-dealkylation sites (tertiary alicyclic amines) is 1. The second kappa shape index (κ2) is 5.35. The van der Waals surface area contributed by atoms with E-state index < -0.39 is 11.8 Å². The SMILES string of the molecule is CN1CCCC1CNc1ccc(F)cc1C(=O)O. The lowest BCUT2D eigenvalue weighted by Crippen LogP contribution is -2.31. The van der Waals surface area contributed by atoms with Crippen molar-refractivity contribution in [2.24, 2.45) is 0 Å². The fraction of sp³-hybridized carbons (Fsp3) is 0.462. The maximum Gasteiger partial charge on any atom is 0.337 e. The Morgan fingerprint density at radius 3 is 3.00 bits per heavy atom. The van der Waals surface area contributed by atoms with Crippen LogP contribution in [0.4, 0.5) is 10.1 Å². The minimum absolute atomic E-state index is 0.0179. The molecule has 1 fully saturated rings. The van der Waals surface area contributed by atoms with Crippen molar-refractivity contribution in [1.82, 2.24) is 4.90 Å². The highest BCUT2D eigenvalue weighted by molar-refractivity contribution is 5.94. The minimum Gasteiger partial charge on any atom is -0.478 e. The Morgan fingerprint density at radius 1 is 1.61 bits per heavy atom. The van der Waals surface area contributed by atoms with Gasteiger partial charge in [0.1, 0.15) is 5.82 Å². The molecule has 1 aliphatic heterocycles. The molecule has 1 unspecified atom stereocenters. The number of nitrogens with zero attached hydrogens (tertiary/aromatic N) is 1. The Labute approximate surface area is 105 Å². The second-order valence-corrected chi connectivity index (χ2v) is 4.65. The van der Waals surface area contributed by atoms with Crippen LogP contribution in [0.2, 0.25) is 0 Å². The maximum atomic E-state index is 13.0. The summed E-state index contributed by atoms with van der Waals surface area (Å²) in [6, 6.07) is 4.21. The first-order chi connectivity index (χ1) is 8.58. The van der Waals surface area contributed by atoms with Crippen molar-refractivity contribution in [2.45, 2.75) is 18.9 Å². The summed E-state index contributed by atoms with van der Waals surface area (Å²) in [6.07, 6.45) is 2.27. The normalized spacial score (nSPS) is 20.0. The predicted molar refractivity (Wildman–Crippen MR) is 67.5 cm³/mol. The number of halogens is 1. The highest BCUT2D eigenvalue weighted by atomic mass is 19.1. The lowest BCUT2D eigenvalue weighted by Gasteiger charge is -2.20. The molecule has 4 nitrogen and oxygen atoms in total. The van der Waals surface area contributed by atoms with Crippen LogP contribution in [0.1, 0.15) is 23.2 Å². The van der Waals surface area contributed by atoms with Crippen LogP contribution in [0, 0.1) is 5.82 Å². The summed E-state index contributed by atoms with van der Waals surface area (Å²) in [4.78, 5) is 13.3. The van der Waals surface area contributed by atoms with Crippen molar-refractivity contribution in [3.63, 3.8) is 0 Å². The number of aromatic carboxylic acids is 1. The van der Waals surface area contributed by atoms with Crippen LogP contribution in [0.5, 0.6) is 0 Å². The number of hydrogen-bond donors (Lipinski definition) is 2. The number of anilines is 1. The molecule has 1 aromatic carbocycles. The quantitative estimate of drug-likeness (QED) is 0.861. The Morgan fingerprint density at radius 2 is 2.39 bits per heavy atom. The van der Waals surface area contributed by atoms with Crippen LogP contribution >= 0.6 is 0 Å². The third kappa shape index (κ3) is 2.79. The van der Waals surface area contributed by atoms with Crippen molar-refractivity contribution >= 4 is 11.7 Å². The number of benzene rings is 1. The molecule has 0 aromatic heterocycles. The standard InChI is InChI=1S/C13H17FN2O2/c1-16-6-2-3-10(16)8-15-12-5-4-9(14)7-11(12)13(17)18/h4-5,7,10,15H,2-3,6,8H2,1H3,(H,17,18). The molecule has 1 heterocycles. The fourth-order valence-electron chi connectivity index (χ4n) is 2.31. The van der Waals surface area contributed by atoms with Crippen LogP contribution in [0.3, 0.4) is 0 Å². The molecule has 98 valence electrons. The van der Waals surface area contributed by atoms with Gasteiger partial charge in [-0.1, -0.05) is 0 Å². The van der Waals surface area contributed by atoms with Crippen LogP contribution in [0.15, 0.2) is 18.2 Å². The molecule has 0 spiro atoms. The summed E-state index contributed by atoms with van der Waals surface area (Å²) < 4.78 is 13.0. The third-order valence-electron chi connectivity index (χ3n) is 3.41. The summed E-state index contributed by atoms with van der Waals surface area (Å²) in [5.41, 5.74) is 0.458. The topological polar surface area (TPSA) is 52.6 Å². The number of hydrogen-bond acceptors (Lipinski definition) is 3. The van der Waals surface area contributed by atoms with Gasteiger partial charge in [0.15, 0.2) is 0 Å². The van der Waals surface area contributed by atoms with Crippen LogP contribution < -0.4 is 5.32 Å². The summed E-state index contributed by atoms with van der Waals surface area (Å²) >= 11 is 0. The molecule has 0 radical (unpaired) electrons. The maximum absolute atomic E-state index is 13.0. The highest BCUT2D eigenvalue weighted by Gasteiger charge is 2.21. The Balaban J connectivity index is 2.06. The zero-order valence-corrected chi connectivity index (χ0v) is 10.3. The van der Waals surface area contributed by atoms with E-state index in [1.807, 2.05) is 0 Å². The van der Waals surface area contributed by atoms with E-state index >= 15 is 0 Å². The summed E-state index contributed by atoms with van der Waals surface area (Å²) in [5, 5.41) is 12.1. The Kier molecular flexibility index (Phi) is 3.81. The first kappa shape index (κ1) is 12.8. The fourth-order valence-corrected chi connectivity index (χ4v) is 2.31. The van der Waals surface area contributed by atoms with Gasteiger partial charge < -0.3 is 15.3 Å². The van der Waals surface area contributed by atoms with E-state index in [4.69, 9.17) is 5.11 Å². The molecule has 1 aliphatic rings. The molecule has 1 atom stereocenters. The van der Waals surface area contributed by atoms with Gasteiger partial charge in [-0.05, 0) is 44.6 Å². The number of rotatable bonds is 4. The van der Waals surface area contributed by atoms with Gasteiger partial charge in [0.2, 0.25) is 0 Å². The first-order valence-corrected chi connectivity index (χ1v) is 6.05. The first-order valence-electron chi connectivity index (χ1n) is 6.05. The van der Waals surface area contributed by atoms with Crippen LogP contribution in [-0.4, -0.2) is 42.2 Å². The lowest BCUT2D eigenvalue weighted by molar-refractivity contribution is 0.0697. The lowest BCUT2D eigenvalue weighted by atomic mass is 10.1.